The summed E-state index contributed by atoms with van der Waals surface area (Å²) in [6.45, 7) is 0.890. The number of alkyl halides is 1. The maximum Gasteiger partial charge on any atom is 0.407 e. The van der Waals surface area contributed by atoms with Gasteiger partial charge in [-0.2, -0.15) is 0 Å². The Labute approximate surface area is 70.5 Å². The SMILES string of the molecule is O=C(NC1CCNC1)OCCF. The molecule has 1 rings (SSSR count). The van der Waals surface area contributed by atoms with Gasteiger partial charge in [-0.15, -0.1) is 0 Å². The quantitative estimate of drug-likeness (QED) is 0.638. The van der Waals surface area contributed by atoms with Crippen LogP contribution in [0.4, 0.5) is 9.18 Å². The highest BCUT2D eigenvalue weighted by atomic mass is 19.1. The number of alkyl carbamates (subject to hydrolysis) is 1. The van der Waals surface area contributed by atoms with E-state index in [9.17, 15) is 9.18 Å². The lowest BCUT2D eigenvalue weighted by atomic mass is 10.3. The average molecular weight is 176 g/mol. The lowest BCUT2D eigenvalue weighted by molar-refractivity contribution is 0.134. The second-order valence-electron chi connectivity index (χ2n) is 2.66. The summed E-state index contributed by atoms with van der Waals surface area (Å²) in [5.74, 6) is 0. The molecule has 0 aromatic carbocycles. The highest BCUT2D eigenvalue weighted by Crippen LogP contribution is 1.96. The van der Waals surface area contributed by atoms with E-state index in [2.05, 4.69) is 15.4 Å². The minimum absolute atomic E-state index is 0.136. The molecule has 0 spiro atoms. The molecular formula is C7H13FN2O2. The molecule has 0 aromatic heterocycles. The predicted octanol–water partition coefficient (Wildman–Crippen LogP) is 0.0440. The zero-order valence-corrected chi connectivity index (χ0v) is 6.81. The fraction of sp³-hybridized carbons (Fsp3) is 0.857. The van der Waals surface area contributed by atoms with E-state index in [-0.39, 0.29) is 12.6 Å². The minimum Gasteiger partial charge on any atom is -0.447 e. The van der Waals surface area contributed by atoms with Gasteiger partial charge in [0.25, 0.3) is 0 Å². The summed E-state index contributed by atoms with van der Waals surface area (Å²) in [6.07, 6.45) is 0.381. The number of hydrogen-bond acceptors (Lipinski definition) is 3. The van der Waals surface area contributed by atoms with Crippen LogP contribution in [0.1, 0.15) is 6.42 Å². The van der Waals surface area contributed by atoms with Gasteiger partial charge in [0.15, 0.2) is 0 Å². The van der Waals surface area contributed by atoms with Crippen LogP contribution in [0.3, 0.4) is 0 Å². The van der Waals surface area contributed by atoms with Crippen LogP contribution in [-0.2, 0) is 4.74 Å². The van der Waals surface area contributed by atoms with Gasteiger partial charge >= 0.3 is 6.09 Å². The minimum atomic E-state index is -0.629. The summed E-state index contributed by atoms with van der Waals surface area (Å²) < 4.78 is 16.0. The number of halogens is 1. The van der Waals surface area contributed by atoms with Gasteiger partial charge in [-0.05, 0) is 13.0 Å². The van der Waals surface area contributed by atoms with Gasteiger partial charge in [0, 0.05) is 12.6 Å². The van der Waals surface area contributed by atoms with Gasteiger partial charge in [-0.3, -0.25) is 0 Å². The Balaban J connectivity index is 2.08. The van der Waals surface area contributed by atoms with Crippen molar-refractivity contribution in [3.63, 3.8) is 0 Å². The van der Waals surface area contributed by atoms with E-state index < -0.39 is 12.8 Å². The number of carbonyl (C=O) groups excluding carboxylic acids is 1. The topological polar surface area (TPSA) is 50.4 Å². The molecule has 12 heavy (non-hydrogen) atoms. The Bertz CT molecular complexity index is 148. The lowest BCUT2D eigenvalue weighted by Gasteiger charge is -2.10. The molecule has 0 radical (unpaired) electrons. The first-order valence-electron chi connectivity index (χ1n) is 4.03. The van der Waals surface area contributed by atoms with Crippen LogP contribution in [0.25, 0.3) is 0 Å². The van der Waals surface area contributed by atoms with Gasteiger partial charge in [-0.1, -0.05) is 0 Å². The van der Waals surface area contributed by atoms with E-state index in [0.717, 1.165) is 19.5 Å². The van der Waals surface area contributed by atoms with Crippen LogP contribution in [-0.4, -0.2) is 38.5 Å². The van der Waals surface area contributed by atoms with Gasteiger partial charge in [0.05, 0.1) is 0 Å². The van der Waals surface area contributed by atoms with Crippen molar-refractivity contribution < 1.29 is 13.9 Å². The first-order chi connectivity index (χ1) is 5.83. The third-order valence-corrected chi connectivity index (χ3v) is 1.69. The van der Waals surface area contributed by atoms with Crippen molar-refractivity contribution in [1.82, 2.24) is 10.6 Å². The van der Waals surface area contributed by atoms with Crippen molar-refractivity contribution in [2.45, 2.75) is 12.5 Å². The van der Waals surface area contributed by atoms with Crippen LogP contribution in [0.2, 0.25) is 0 Å². The van der Waals surface area contributed by atoms with Crippen LogP contribution in [0, 0.1) is 0 Å². The molecule has 70 valence electrons. The zero-order chi connectivity index (χ0) is 8.81. The van der Waals surface area contributed by atoms with E-state index in [0.29, 0.717) is 0 Å². The molecule has 0 aromatic rings. The third-order valence-electron chi connectivity index (χ3n) is 1.69. The van der Waals surface area contributed by atoms with Crippen molar-refractivity contribution in [3.8, 4) is 0 Å². The first kappa shape index (κ1) is 9.25. The van der Waals surface area contributed by atoms with Gasteiger partial charge in [0.2, 0.25) is 0 Å². The molecule has 2 N–H and O–H groups in total. The van der Waals surface area contributed by atoms with Crippen molar-refractivity contribution >= 4 is 6.09 Å². The molecule has 0 saturated carbocycles. The fourth-order valence-electron chi connectivity index (χ4n) is 1.12. The Morgan fingerprint density at radius 2 is 2.58 bits per heavy atom. The molecule has 1 saturated heterocycles. The van der Waals surface area contributed by atoms with Gasteiger partial charge in [-0.25, -0.2) is 9.18 Å². The maximum absolute atomic E-state index is 11.5. The summed E-state index contributed by atoms with van der Waals surface area (Å²) in [7, 11) is 0. The normalized spacial score (nSPS) is 22.2. The maximum atomic E-state index is 11.5. The number of rotatable bonds is 3. The highest BCUT2D eigenvalue weighted by Gasteiger charge is 2.16. The number of amides is 1. The summed E-state index contributed by atoms with van der Waals surface area (Å²) in [4.78, 5) is 10.8. The summed E-state index contributed by atoms with van der Waals surface area (Å²) in [6, 6.07) is 0.136. The smallest absolute Gasteiger partial charge is 0.407 e. The first-order valence-corrected chi connectivity index (χ1v) is 4.03. The summed E-state index contributed by atoms with van der Waals surface area (Å²) in [5.41, 5.74) is 0. The van der Waals surface area contributed by atoms with Crippen LogP contribution < -0.4 is 10.6 Å². The van der Waals surface area contributed by atoms with Crippen molar-refractivity contribution in [2.75, 3.05) is 26.4 Å². The van der Waals surface area contributed by atoms with E-state index in [1.54, 1.807) is 0 Å². The molecule has 1 atom stereocenters. The molecular weight excluding hydrogens is 163 g/mol. The van der Waals surface area contributed by atoms with E-state index in [4.69, 9.17) is 0 Å². The number of hydrogen-bond donors (Lipinski definition) is 2. The third kappa shape index (κ3) is 3.04. The summed E-state index contributed by atoms with van der Waals surface area (Å²) >= 11 is 0. The molecule has 1 heterocycles. The zero-order valence-electron chi connectivity index (χ0n) is 6.81. The Morgan fingerprint density at radius 1 is 1.75 bits per heavy atom. The predicted molar refractivity (Wildman–Crippen MR) is 41.7 cm³/mol. The monoisotopic (exact) mass is 176 g/mol. The fourth-order valence-corrected chi connectivity index (χ4v) is 1.12. The molecule has 1 unspecified atom stereocenters. The lowest BCUT2D eigenvalue weighted by Crippen LogP contribution is -2.36. The number of ether oxygens (including phenoxy) is 1. The molecule has 0 aliphatic carbocycles. The standard InChI is InChI=1S/C7H13FN2O2/c8-2-4-12-7(11)10-6-1-3-9-5-6/h6,9H,1-5H2,(H,10,11). The van der Waals surface area contributed by atoms with E-state index >= 15 is 0 Å². The Kier molecular flexibility index (Phi) is 3.79. The molecule has 1 aliphatic rings. The number of nitrogens with one attached hydrogen (secondary N) is 2. The Hall–Kier alpha value is -0.840. The molecule has 1 aliphatic heterocycles. The number of carbonyl (C=O) groups is 1. The van der Waals surface area contributed by atoms with Crippen LogP contribution >= 0.6 is 0 Å². The van der Waals surface area contributed by atoms with Gasteiger partial charge in [0.1, 0.15) is 13.3 Å². The second-order valence-corrected chi connectivity index (χ2v) is 2.66. The Morgan fingerprint density at radius 3 is 3.17 bits per heavy atom. The van der Waals surface area contributed by atoms with Crippen LogP contribution in [0.15, 0.2) is 0 Å². The molecule has 4 nitrogen and oxygen atoms in total. The van der Waals surface area contributed by atoms with Gasteiger partial charge < -0.3 is 15.4 Å². The molecule has 1 fully saturated rings. The van der Waals surface area contributed by atoms with Crippen molar-refractivity contribution in [3.05, 3.63) is 0 Å². The molecule has 0 bridgehead atoms. The molecule has 5 heteroatoms. The van der Waals surface area contributed by atoms with Crippen molar-refractivity contribution in [1.29, 1.82) is 0 Å². The second kappa shape index (κ2) is 4.92. The van der Waals surface area contributed by atoms with Crippen LogP contribution in [0.5, 0.6) is 0 Å². The summed E-state index contributed by atoms with van der Waals surface area (Å²) in [5, 5.41) is 5.71. The average Bonchev–Trinajstić information content (AvgIpc) is 2.53. The highest BCUT2D eigenvalue weighted by molar-refractivity contribution is 5.67. The van der Waals surface area contributed by atoms with E-state index in [1.165, 1.54) is 0 Å². The van der Waals surface area contributed by atoms with Crippen molar-refractivity contribution in [2.24, 2.45) is 0 Å². The largest absolute Gasteiger partial charge is 0.447 e. The molecule has 1 amide bonds. The van der Waals surface area contributed by atoms with E-state index in [1.807, 2.05) is 0 Å².